The number of hydrogen-bond acceptors (Lipinski definition) is 3. The van der Waals surface area contributed by atoms with E-state index >= 15 is 0 Å². The van der Waals surface area contributed by atoms with E-state index in [-0.39, 0.29) is 5.56 Å². The molecular formula is C13H14N2O3. The number of carboxylic acids is 1. The minimum atomic E-state index is -1.18. The molecule has 0 heterocycles. The molecule has 2 aromatic rings. The molecule has 0 fully saturated rings. The van der Waals surface area contributed by atoms with Gasteiger partial charge in [-0.25, -0.2) is 4.79 Å². The number of aromatic carboxylic acids is 1. The Morgan fingerprint density at radius 1 is 1.11 bits per heavy atom. The molecule has 94 valence electrons. The number of anilines is 1. The number of hydrogen-bond donors (Lipinski definition) is 3. The third-order valence-electron chi connectivity index (χ3n) is 2.17. The van der Waals surface area contributed by atoms with E-state index in [1.54, 1.807) is 0 Å². The van der Waals surface area contributed by atoms with E-state index in [0.717, 1.165) is 11.4 Å². The Labute approximate surface area is 104 Å². The van der Waals surface area contributed by atoms with Crippen LogP contribution in [0.3, 0.4) is 0 Å². The first-order valence-corrected chi connectivity index (χ1v) is 5.18. The Bertz CT molecular complexity index is 520. The first-order chi connectivity index (χ1) is 8.52. The number of carboxylic acid groups (broad SMARTS) is 1. The molecule has 0 aromatic heterocycles. The zero-order valence-corrected chi connectivity index (χ0v) is 9.67. The number of carbonyl (C=O) groups is 1. The Morgan fingerprint density at radius 3 is 2.06 bits per heavy atom. The lowest BCUT2D eigenvalue weighted by atomic mass is 10.2. The predicted octanol–water partition coefficient (Wildman–Crippen LogP) is 0.601. The fourth-order valence-corrected chi connectivity index (χ4v) is 1.18. The monoisotopic (exact) mass is 246 g/mol. The van der Waals surface area contributed by atoms with Gasteiger partial charge in [-0.3, -0.25) is 0 Å². The molecule has 0 amide bonds. The van der Waals surface area contributed by atoms with E-state index in [1.165, 1.54) is 24.3 Å². The summed E-state index contributed by atoms with van der Waals surface area (Å²) in [6.07, 6.45) is 0. The summed E-state index contributed by atoms with van der Waals surface area (Å²) in [6, 6.07) is 13.1. The van der Waals surface area contributed by atoms with Crippen LogP contribution in [-0.2, 0) is 0 Å². The first kappa shape index (κ1) is 13.5. The van der Waals surface area contributed by atoms with E-state index in [1.807, 2.05) is 24.3 Å². The summed E-state index contributed by atoms with van der Waals surface area (Å²) in [6.45, 7) is 0. The van der Waals surface area contributed by atoms with Gasteiger partial charge in [-0.05, 0) is 12.1 Å². The lowest BCUT2D eigenvalue weighted by Crippen LogP contribution is -2.40. The van der Waals surface area contributed by atoms with Gasteiger partial charge in [-0.2, -0.15) is 0 Å². The largest absolute Gasteiger partial charge is 0.872 e. The lowest BCUT2D eigenvalue weighted by molar-refractivity contribution is -0.268. The summed E-state index contributed by atoms with van der Waals surface area (Å²) in [5.74, 6) is -1.62. The van der Waals surface area contributed by atoms with Gasteiger partial charge in [-0.1, -0.05) is 36.1 Å². The number of rotatable bonds is 1. The van der Waals surface area contributed by atoms with Crippen molar-refractivity contribution in [2.45, 2.75) is 0 Å². The summed E-state index contributed by atoms with van der Waals surface area (Å²) in [5.41, 5.74) is 10.6. The van der Waals surface area contributed by atoms with Gasteiger partial charge in [0.1, 0.15) is 0 Å². The second-order valence-corrected chi connectivity index (χ2v) is 3.50. The average Bonchev–Trinajstić information content (AvgIpc) is 2.34. The molecular weight excluding hydrogens is 232 g/mol. The SMILES string of the molecule is Nc1ccccc1[NH3+].O=C(O)c1ccccc1[O-]. The Kier molecular flexibility index (Phi) is 4.71. The molecule has 5 nitrogen and oxygen atoms in total. The number of para-hydroxylation sites is 2. The van der Waals surface area contributed by atoms with Gasteiger partial charge < -0.3 is 21.7 Å². The molecule has 18 heavy (non-hydrogen) atoms. The van der Waals surface area contributed by atoms with Gasteiger partial charge in [0.25, 0.3) is 0 Å². The lowest BCUT2D eigenvalue weighted by Gasteiger charge is -2.07. The third kappa shape index (κ3) is 3.80. The molecule has 0 saturated carbocycles. The third-order valence-corrected chi connectivity index (χ3v) is 2.17. The zero-order chi connectivity index (χ0) is 13.5. The molecule has 0 saturated heterocycles. The van der Waals surface area contributed by atoms with Crippen LogP contribution in [0.4, 0.5) is 11.4 Å². The van der Waals surface area contributed by atoms with Gasteiger partial charge in [0.15, 0.2) is 5.69 Å². The van der Waals surface area contributed by atoms with Crippen molar-refractivity contribution in [1.82, 2.24) is 0 Å². The minimum Gasteiger partial charge on any atom is -0.872 e. The molecule has 0 atom stereocenters. The maximum atomic E-state index is 10.7. The highest BCUT2D eigenvalue weighted by molar-refractivity contribution is 5.90. The van der Waals surface area contributed by atoms with E-state index in [0.29, 0.717) is 0 Å². The van der Waals surface area contributed by atoms with Gasteiger partial charge >= 0.3 is 5.97 Å². The molecule has 5 heteroatoms. The van der Waals surface area contributed by atoms with Gasteiger partial charge in [-0.15, -0.1) is 0 Å². The van der Waals surface area contributed by atoms with Crippen molar-refractivity contribution < 1.29 is 20.7 Å². The molecule has 0 radical (unpaired) electrons. The molecule has 0 aliphatic heterocycles. The summed E-state index contributed by atoms with van der Waals surface area (Å²) in [7, 11) is 0. The van der Waals surface area contributed by atoms with Crippen LogP contribution < -0.4 is 16.6 Å². The Hall–Kier alpha value is -2.53. The number of nitrogen functional groups attached to an aromatic ring is 1. The number of benzene rings is 2. The van der Waals surface area contributed by atoms with E-state index in [9.17, 15) is 9.90 Å². The summed E-state index contributed by atoms with van der Waals surface area (Å²) in [5, 5.41) is 19.0. The van der Waals surface area contributed by atoms with Crippen LogP contribution in [0, 0.1) is 0 Å². The molecule has 0 aliphatic rings. The van der Waals surface area contributed by atoms with Crippen LogP contribution in [0.1, 0.15) is 10.4 Å². The van der Waals surface area contributed by atoms with Crippen LogP contribution in [0.5, 0.6) is 5.75 Å². The average molecular weight is 246 g/mol. The highest BCUT2D eigenvalue weighted by Gasteiger charge is 1.99. The quantitative estimate of drug-likeness (QED) is 0.639. The molecule has 0 spiro atoms. The van der Waals surface area contributed by atoms with E-state index in [4.69, 9.17) is 10.8 Å². The van der Waals surface area contributed by atoms with Crippen LogP contribution >= 0.6 is 0 Å². The fraction of sp³-hybridized carbons (Fsp3) is 0. The maximum Gasteiger partial charge on any atom is 0.335 e. The van der Waals surface area contributed by atoms with Crippen LogP contribution in [0.15, 0.2) is 48.5 Å². The first-order valence-electron chi connectivity index (χ1n) is 5.18. The standard InChI is InChI=1S/C7H6O3.C6H8N2/c8-6-4-2-1-3-5(6)7(9)10;7-5-3-1-2-4-6(5)8/h1-4,8H,(H,9,10);1-4H,7-8H2. The molecule has 0 aliphatic carbocycles. The molecule has 6 N–H and O–H groups in total. The van der Waals surface area contributed by atoms with E-state index < -0.39 is 11.7 Å². The van der Waals surface area contributed by atoms with Crippen molar-refractivity contribution in [3.05, 3.63) is 54.1 Å². The summed E-state index contributed by atoms with van der Waals surface area (Å²) < 4.78 is 0. The molecule has 0 bridgehead atoms. The summed E-state index contributed by atoms with van der Waals surface area (Å²) >= 11 is 0. The normalized spacial score (nSPS) is 9.17. The van der Waals surface area contributed by atoms with Crippen molar-refractivity contribution in [3.8, 4) is 5.75 Å². The fourth-order valence-electron chi connectivity index (χ4n) is 1.18. The smallest absolute Gasteiger partial charge is 0.335 e. The van der Waals surface area contributed by atoms with Gasteiger partial charge in [0, 0.05) is 6.07 Å². The zero-order valence-electron chi connectivity index (χ0n) is 9.67. The van der Waals surface area contributed by atoms with Crippen molar-refractivity contribution in [2.75, 3.05) is 5.73 Å². The van der Waals surface area contributed by atoms with Crippen molar-refractivity contribution in [1.29, 1.82) is 0 Å². The minimum absolute atomic E-state index is 0.178. The van der Waals surface area contributed by atoms with Crippen LogP contribution in [0.2, 0.25) is 0 Å². The number of nitrogens with two attached hydrogens (primary N) is 1. The van der Waals surface area contributed by atoms with Crippen LogP contribution in [-0.4, -0.2) is 11.1 Å². The summed E-state index contributed by atoms with van der Waals surface area (Å²) in [4.78, 5) is 10.2. The van der Waals surface area contributed by atoms with Gasteiger partial charge in [0.05, 0.1) is 11.3 Å². The van der Waals surface area contributed by atoms with Crippen molar-refractivity contribution >= 4 is 17.3 Å². The topological polar surface area (TPSA) is 114 Å². The van der Waals surface area contributed by atoms with Crippen molar-refractivity contribution in [2.24, 2.45) is 0 Å². The van der Waals surface area contributed by atoms with Crippen LogP contribution in [0.25, 0.3) is 0 Å². The highest BCUT2D eigenvalue weighted by Crippen LogP contribution is 2.11. The predicted molar refractivity (Wildman–Crippen MR) is 66.2 cm³/mol. The van der Waals surface area contributed by atoms with E-state index in [2.05, 4.69) is 5.73 Å². The highest BCUT2D eigenvalue weighted by atomic mass is 16.4. The van der Waals surface area contributed by atoms with Gasteiger partial charge in [0.2, 0.25) is 0 Å². The maximum absolute atomic E-state index is 10.7. The molecule has 2 rings (SSSR count). The number of quaternary nitrogens is 1. The second kappa shape index (κ2) is 6.27. The molecule has 2 aromatic carbocycles. The Morgan fingerprint density at radius 2 is 1.67 bits per heavy atom. The second-order valence-electron chi connectivity index (χ2n) is 3.50. The Balaban J connectivity index is 0.000000184. The molecule has 0 unspecified atom stereocenters. The van der Waals surface area contributed by atoms with Crippen molar-refractivity contribution in [3.63, 3.8) is 0 Å².